The molecule has 0 heterocycles. The van der Waals surface area contributed by atoms with Gasteiger partial charge in [-0.1, -0.05) is 48.0 Å². The van der Waals surface area contributed by atoms with Crippen molar-refractivity contribution in [3.63, 3.8) is 0 Å². The summed E-state index contributed by atoms with van der Waals surface area (Å²) in [5.74, 6) is 0.382. The predicted octanol–water partition coefficient (Wildman–Crippen LogP) is 2.84. The Bertz CT molecular complexity index is 822. The first-order chi connectivity index (χ1) is 12.3. The highest BCUT2D eigenvalue weighted by molar-refractivity contribution is 7.99. The normalized spacial score (nSPS) is 12.8. The quantitative estimate of drug-likeness (QED) is 0.554. The number of sulfonamides is 1. The number of benzene rings is 2. The molecular formula is C19H24N2O3S2. The molecule has 2 aromatic carbocycles. The molecule has 0 radical (unpaired) electrons. The summed E-state index contributed by atoms with van der Waals surface area (Å²) in [5, 5.41) is 2.85. The Kier molecular flexibility index (Phi) is 7.25. The summed E-state index contributed by atoms with van der Waals surface area (Å²) in [5.41, 5.74) is 1.85. The van der Waals surface area contributed by atoms with Crippen molar-refractivity contribution in [2.45, 2.75) is 17.9 Å². The van der Waals surface area contributed by atoms with Crippen molar-refractivity contribution in [3.05, 3.63) is 65.7 Å². The van der Waals surface area contributed by atoms with Crippen LogP contribution in [-0.2, 0) is 14.8 Å². The van der Waals surface area contributed by atoms with Crippen LogP contribution < -0.4 is 5.32 Å². The molecule has 1 atom stereocenters. The number of hydrogen-bond acceptors (Lipinski definition) is 4. The number of hydrogen-bond donors (Lipinski definition) is 1. The minimum atomic E-state index is -3.51. The summed E-state index contributed by atoms with van der Waals surface area (Å²) in [7, 11) is -2.08. The van der Waals surface area contributed by atoms with Crippen LogP contribution in [0.2, 0.25) is 0 Å². The Morgan fingerprint density at radius 3 is 2.31 bits per heavy atom. The third-order valence-electron chi connectivity index (χ3n) is 3.94. The number of carbonyl (C=O) groups is 1. The molecule has 1 amide bonds. The maximum Gasteiger partial charge on any atom is 0.243 e. The highest BCUT2D eigenvalue weighted by Crippen LogP contribution is 2.22. The fraction of sp³-hybridized carbons (Fsp3) is 0.316. The van der Waals surface area contributed by atoms with E-state index in [4.69, 9.17) is 0 Å². The number of rotatable bonds is 8. The van der Waals surface area contributed by atoms with Gasteiger partial charge in [-0.3, -0.25) is 4.79 Å². The van der Waals surface area contributed by atoms with Crippen LogP contribution >= 0.6 is 11.8 Å². The van der Waals surface area contributed by atoms with Crippen molar-refractivity contribution >= 4 is 27.7 Å². The molecule has 0 aliphatic heterocycles. The van der Waals surface area contributed by atoms with Gasteiger partial charge in [0, 0.05) is 24.2 Å². The summed E-state index contributed by atoms with van der Waals surface area (Å²) in [4.78, 5) is 13.8. The molecule has 2 rings (SSSR count). The lowest BCUT2D eigenvalue weighted by Crippen LogP contribution is -2.41. The zero-order valence-electron chi connectivity index (χ0n) is 15.2. The molecule has 0 spiro atoms. The fourth-order valence-electron chi connectivity index (χ4n) is 2.43. The van der Waals surface area contributed by atoms with E-state index >= 15 is 0 Å². The smallest absolute Gasteiger partial charge is 0.243 e. The summed E-state index contributed by atoms with van der Waals surface area (Å²) in [6, 6.07) is 16.2. The highest BCUT2D eigenvalue weighted by Gasteiger charge is 2.30. The molecule has 0 aromatic heterocycles. The van der Waals surface area contributed by atoms with E-state index in [9.17, 15) is 13.2 Å². The van der Waals surface area contributed by atoms with Gasteiger partial charge in [-0.15, -0.1) is 11.8 Å². The average Bonchev–Trinajstić information content (AvgIpc) is 2.60. The predicted molar refractivity (Wildman–Crippen MR) is 107 cm³/mol. The standard InChI is InChI=1S/C19H24N2O3S2/c1-15-9-11-17(12-10-15)25-14-13-20-19(22)18(21(2)26(3,23)24)16-7-5-4-6-8-16/h4-12,18H,13-14H2,1-3H3,(H,20,22)/t18-/m1/s1. The molecule has 1 N–H and O–H groups in total. The lowest BCUT2D eigenvalue weighted by molar-refractivity contribution is -0.124. The van der Waals surface area contributed by atoms with Gasteiger partial charge in [0.1, 0.15) is 6.04 Å². The van der Waals surface area contributed by atoms with Gasteiger partial charge in [0.15, 0.2) is 0 Å². The van der Waals surface area contributed by atoms with E-state index in [2.05, 4.69) is 5.32 Å². The van der Waals surface area contributed by atoms with Crippen molar-refractivity contribution in [2.24, 2.45) is 0 Å². The maximum atomic E-state index is 12.7. The Hall–Kier alpha value is -1.83. The molecule has 0 saturated carbocycles. The molecule has 0 aliphatic carbocycles. The van der Waals surface area contributed by atoms with E-state index in [1.165, 1.54) is 12.6 Å². The first kappa shape index (κ1) is 20.5. The van der Waals surface area contributed by atoms with E-state index in [-0.39, 0.29) is 5.91 Å². The van der Waals surface area contributed by atoms with Crippen molar-refractivity contribution in [3.8, 4) is 0 Å². The first-order valence-electron chi connectivity index (χ1n) is 8.24. The molecule has 0 saturated heterocycles. The lowest BCUT2D eigenvalue weighted by Gasteiger charge is -2.25. The molecule has 7 heteroatoms. The number of nitrogens with one attached hydrogen (secondary N) is 1. The van der Waals surface area contributed by atoms with Gasteiger partial charge < -0.3 is 5.32 Å². The Morgan fingerprint density at radius 2 is 1.73 bits per heavy atom. The average molecular weight is 393 g/mol. The van der Waals surface area contributed by atoms with Gasteiger partial charge in [-0.05, 0) is 24.6 Å². The van der Waals surface area contributed by atoms with Crippen LogP contribution in [0.5, 0.6) is 0 Å². The molecule has 0 unspecified atom stereocenters. The number of carbonyl (C=O) groups excluding carboxylic acids is 1. The maximum absolute atomic E-state index is 12.7. The molecule has 0 aliphatic rings. The molecule has 2 aromatic rings. The summed E-state index contributed by atoms with van der Waals surface area (Å²) >= 11 is 1.65. The largest absolute Gasteiger partial charge is 0.354 e. The molecular weight excluding hydrogens is 368 g/mol. The van der Waals surface area contributed by atoms with Crippen LogP contribution in [0, 0.1) is 6.92 Å². The van der Waals surface area contributed by atoms with Gasteiger partial charge in [0.2, 0.25) is 15.9 Å². The van der Waals surface area contributed by atoms with Crippen LogP contribution in [0.15, 0.2) is 59.5 Å². The minimum Gasteiger partial charge on any atom is -0.354 e. The van der Waals surface area contributed by atoms with Crippen LogP contribution in [0.1, 0.15) is 17.2 Å². The highest BCUT2D eigenvalue weighted by atomic mass is 32.2. The van der Waals surface area contributed by atoms with Gasteiger partial charge >= 0.3 is 0 Å². The molecule has 26 heavy (non-hydrogen) atoms. The SMILES string of the molecule is Cc1ccc(SCCNC(=O)[C@@H](c2ccccc2)N(C)S(C)(=O)=O)cc1. The third kappa shape index (κ3) is 5.86. The van der Waals surface area contributed by atoms with Gasteiger partial charge in [0.05, 0.1) is 6.26 Å². The summed E-state index contributed by atoms with van der Waals surface area (Å²) < 4.78 is 25.0. The van der Waals surface area contributed by atoms with Crippen LogP contribution in [0.4, 0.5) is 0 Å². The third-order valence-corrected chi connectivity index (χ3v) is 6.21. The van der Waals surface area contributed by atoms with E-state index in [1.54, 1.807) is 36.0 Å². The molecule has 5 nitrogen and oxygen atoms in total. The van der Waals surface area contributed by atoms with E-state index < -0.39 is 16.1 Å². The second kappa shape index (κ2) is 9.21. The fourth-order valence-corrected chi connectivity index (χ4v) is 3.80. The first-order valence-corrected chi connectivity index (χ1v) is 11.1. The lowest BCUT2D eigenvalue weighted by atomic mass is 10.1. The molecule has 0 fully saturated rings. The zero-order chi connectivity index (χ0) is 19.2. The van der Waals surface area contributed by atoms with Gasteiger partial charge in [-0.2, -0.15) is 4.31 Å². The second-order valence-corrected chi connectivity index (χ2v) is 9.26. The number of likely N-dealkylation sites (N-methyl/N-ethyl adjacent to an activating group) is 1. The molecule has 140 valence electrons. The van der Waals surface area contributed by atoms with E-state index in [0.717, 1.165) is 15.5 Å². The van der Waals surface area contributed by atoms with Gasteiger partial charge in [-0.25, -0.2) is 8.42 Å². The van der Waals surface area contributed by atoms with Crippen LogP contribution in [0.25, 0.3) is 0 Å². The topological polar surface area (TPSA) is 66.5 Å². The number of thioether (sulfide) groups is 1. The Labute approximate surface area is 159 Å². The van der Waals surface area contributed by atoms with Gasteiger partial charge in [0.25, 0.3) is 0 Å². The zero-order valence-corrected chi connectivity index (χ0v) is 16.8. The summed E-state index contributed by atoms with van der Waals surface area (Å²) in [6.45, 7) is 2.50. The van der Waals surface area contributed by atoms with Crippen LogP contribution in [0.3, 0.4) is 0 Å². The van der Waals surface area contributed by atoms with Crippen molar-refractivity contribution < 1.29 is 13.2 Å². The number of amides is 1. The van der Waals surface area contributed by atoms with Crippen molar-refractivity contribution in [1.29, 1.82) is 0 Å². The second-order valence-electron chi connectivity index (χ2n) is 6.04. The number of aryl methyl sites for hydroxylation is 1. The monoisotopic (exact) mass is 392 g/mol. The van der Waals surface area contributed by atoms with Crippen molar-refractivity contribution in [1.82, 2.24) is 9.62 Å². The van der Waals surface area contributed by atoms with E-state index in [1.807, 2.05) is 37.3 Å². The molecule has 0 bridgehead atoms. The Balaban J connectivity index is 1.99. The number of nitrogens with zero attached hydrogens (tertiary/aromatic N) is 1. The summed E-state index contributed by atoms with van der Waals surface area (Å²) in [6.07, 6.45) is 1.10. The van der Waals surface area contributed by atoms with E-state index in [0.29, 0.717) is 17.9 Å². The van der Waals surface area contributed by atoms with Crippen LogP contribution in [-0.4, -0.2) is 44.2 Å². The van der Waals surface area contributed by atoms with Crippen molar-refractivity contribution in [2.75, 3.05) is 25.6 Å². The minimum absolute atomic E-state index is 0.325. The Morgan fingerprint density at radius 1 is 1.12 bits per heavy atom.